The number of methoxy groups -OCH3 is 1. The zero-order chi connectivity index (χ0) is 31.4. The summed E-state index contributed by atoms with van der Waals surface area (Å²) in [7, 11) is 1.41. The molecule has 0 amide bonds. The maximum Gasteiger partial charge on any atom is 0.305 e. The Kier molecular flexibility index (Phi) is 10.4. The fourth-order valence-electron chi connectivity index (χ4n) is 7.01. The first-order valence-corrected chi connectivity index (χ1v) is 15.9. The highest BCUT2D eigenvalue weighted by Crippen LogP contribution is 2.50. The van der Waals surface area contributed by atoms with Crippen LogP contribution in [0.1, 0.15) is 69.2 Å². The van der Waals surface area contributed by atoms with E-state index in [1.807, 2.05) is 24.0 Å². The lowest BCUT2D eigenvalue weighted by Gasteiger charge is -2.44. The Hall–Kier alpha value is -2.88. The zero-order valence-corrected chi connectivity index (χ0v) is 26.5. The van der Waals surface area contributed by atoms with Gasteiger partial charge >= 0.3 is 5.97 Å². The Labute approximate surface area is 259 Å². The van der Waals surface area contributed by atoms with Gasteiger partial charge in [0.15, 0.2) is 0 Å². The van der Waals surface area contributed by atoms with Gasteiger partial charge in [0.1, 0.15) is 23.1 Å². The normalized spacial score (nSPS) is 21.3. The van der Waals surface area contributed by atoms with Gasteiger partial charge in [0.2, 0.25) is 0 Å². The molecule has 44 heavy (non-hydrogen) atoms. The van der Waals surface area contributed by atoms with E-state index in [4.69, 9.17) is 9.47 Å². The number of fused-ring (bicyclic) bond motifs is 2. The minimum absolute atomic E-state index is 0.0297. The SMILES string of the molecule is COC(=O)CCCN1CCN(CCCOc2cc(F)c([C@@H]3C4=C(C[C@@H](C)N3CC(C)(C)F)c3ccccc3C4)c(F)c2)CC1. The van der Waals surface area contributed by atoms with Crippen molar-refractivity contribution < 1.29 is 27.4 Å². The van der Waals surface area contributed by atoms with Crippen molar-refractivity contribution in [3.05, 3.63) is 70.3 Å². The summed E-state index contributed by atoms with van der Waals surface area (Å²) in [6.45, 7) is 10.9. The van der Waals surface area contributed by atoms with Gasteiger partial charge in [-0.1, -0.05) is 24.3 Å². The monoisotopic (exact) mass is 613 g/mol. The van der Waals surface area contributed by atoms with E-state index in [9.17, 15) is 4.79 Å². The van der Waals surface area contributed by atoms with Crippen LogP contribution in [0.3, 0.4) is 0 Å². The van der Waals surface area contributed by atoms with Crippen molar-refractivity contribution in [1.82, 2.24) is 14.7 Å². The smallest absolute Gasteiger partial charge is 0.305 e. The summed E-state index contributed by atoms with van der Waals surface area (Å²) in [5.74, 6) is -1.32. The van der Waals surface area contributed by atoms with Gasteiger partial charge < -0.3 is 19.3 Å². The van der Waals surface area contributed by atoms with E-state index in [1.54, 1.807) is 0 Å². The van der Waals surface area contributed by atoms with E-state index < -0.39 is 23.3 Å². The molecule has 0 aromatic heterocycles. The van der Waals surface area contributed by atoms with Gasteiger partial charge in [0.25, 0.3) is 0 Å². The number of hydrogen-bond donors (Lipinski definition) is 0. The first-order chi connectivity index (χ1) is 21.0. The molecule has 1 aliphatic carbocycles. The molecule has 0 saturated carbocycles. The lowest BCUT2D eigenvalue weighted by Crippen LogP contribution is -2.47. The average Bonchev–Trinajstić information content (AvgIpc) is 3.34. The maximum absolute atomic E-state index is 15.9. The van der Waals surface area contributed by atoms with Crippen molar-refractivity contribution in [2.45, 2.75) is 70.6 Å². The van der Waals surface area contributed by atoms with Gasteiger partial charge in [-0.2, -0.15) is 0 Å². The first kappa shape index (κ1) is 32.5. The highest BCUT2D eigenvalue weighted by Gasteiger charge is 2.43. The maximum atomic E-state index is 15.9. The van der Waals surface area contributed by atoms with Gasteiger partial charge in [0, 0.05) is 69.4 Å². The second kappa shape index (κ2) is 14.0. The van der Waals surface area contributed by atoms with Crippen LogP contribution >= 0.6 is 0 Å². The quantitative estimate of drug-likeness (QED) is 0.210. The van der Waals surface area contributed by atoms with E-state index in [0.29, 0.717) is 25.9 Å². The van der Waals surface area contributed by atoms with Crippen LogP contribution in [0.25, 0.3) is 5.57 Å². The summed E-state index contributed by atoms with van der Waals surface area (Å²) in [6.07, 6.45) is 3.29. The molecule has 2 heterocycles. The Balaban J connectivity index is 1.21. The van der Waals surface area contributed by atoms with Crippen LogP contribution in [-0.2, 0) is 16.0 Å². The van der Waals surface area contributed by atoms with Crippen molar-refractivity contribution in [1.29, 1.82) is 0 Å². The van der Waals surface area contributed by atoms with Crippen LogP contribution in [0.15, 0.2) is 42.0 Å². The summed E-state index contributed by atoms with van der Waals surface area (Å²) < 4.78 is 57.4. The van der Waals surface area contributed by atoms with Crippen LogP contribution in [0.5, 0.6) is 5.75 Å². The molecule has 240 valence electrons. The Morgan fingerprint density at radius 1 is 1.00 bits per heavy atom. The standard InChI is InChI=1S/C35H46F3N3O3/c1-24-19-28-27-10-6-5-9-25(27)20-29(28)34(41(24)23-35(2,3)38)33-30(36)21-26(22-31(33)37)44-18-8-13-40-16-14-39(15-17-40)12-7-11-32(42)43-4/h5-6,9-10,21-22,24,34H,7-8,11-20,23H2,1-4H3/t24-,34+/m1/s1. The molecule has 5 rings (SSSR count). The van der Waals surface area contributed by atoms with Crippen LogP contribution in [0.2, 0.25) is 0 Å². The number of rotatable bonds is 12. The predicted octanol–water partition coefficient (Wildman–Crippen LogP) is 6.20. The number of piperazine rings is 1. The summed E-state index contributed by atoms with van der Waals surface area (Å²) >= 11 is 0. The number of nitrogens with zero attached hydrogens (tertiary/aromatic N) is 3. The third kappa shape index (κ3) is 7.66. The molecule has 1 fully saturated rings. The van der Waals surface area contributed by atoms with Crippen molar-refractivity contribution in [3.63, 3.8) is 0 Å². The fourth-order valence-corrected chi connectivity index (χ4v) is 7.01. The third-order valence-electron chi connectivity index (χ3n) is 9.16. The number of ether oxygens (including phenoxy) is 2. The Morgan fingerprint density at radius 3 is 2.27 bits per heavy atom. The van der Waals surface area contributed by atoms with E-state index in [1.165, 1.54) is 33.1 Å². The summed E-state index contributed by atoms with van der Waals surface area (Å²) in [6, 6.07) is 9.91. The summed E-state index contributed by atoms with van der Waals surface area (Å²) in [4.78, 5) is 18.0. The number of carbonyl (C=O) groups excluding carboxylic acids is 1. The Morgan fingerprint density at radius 2 is 1.64 bits per heavy atom. The lowest BCUT2D eigenvalue weighted by molar-refractivity contribution is -0.140. The van der Waals surface area contributed by atoms with E-state index in [2.05, 4.69) is 21.9 Å². The topological polar surface area (TPSA) is 45.3 Å². The molecular weight excluding hydrogens is 567 g/mol. The number of esters is 1. The van der Waals surface area contributed by atoms with Crippen molar-refractivity contribution >= 4 is 11.5 Å². The zero-order valence-electron chi connectivity index (χ0n) is 26.5. The van der Waals surface area contributed by atoms with Gasteiger partial charge in [-0.3, -0.25) is 9.69 Å². The summed E-state index contributed by atoms with van der Waals surface area (Å²) in [5, 5.41) is 0. The predicted molar refractivity (Wildman–Crippen MR) is 166 cm³/mol. The molecule has 6 nitrogen and oxygen atoms in total. The van der Waals surface area contributed by atoms with Gasteiger partial charge in [0.05, 0.1) is 19.8 Å². The van der Waals surface area contributed by atoms with Gasteiger partial charge in [-0.05, 0) is 75.3 Å². The number of benzene rings is 2. The molecule has 3 aliphatic rings. The second-order valence-electron chi connectivity index (χ2n) is 13.1. The van der Waals surface area contributed by atoms with Crippen LogP contribution in [0.4, 0.5) is 13.2 Å². The molecule has 0 bridgehead atoms. The van der Waals surface area contributed by atoms with Crippen LogP contribution in [-0.4, -0.2) is 91.9 Å². The molecule has 2 aromatic carbocycles. The molecular formula is C35H46F3N3O3. The number of carbonyl (C=O) groups is 1. The minimum atomic E-state index is -1.52. The first-order valence-electron chi connectivity index (χ1n) is 15.9. The number of hydrogen-bond acceptors (Lipinski definition) is 6. The van der Waals surface area contributed by atoms with Crippen molar-refractivity contribution in [2.24, 2.45) is 0 Å². The van der Waals surface area contributed by atoms with E-state index in [-0.39, 0.29) is 29.9 Å². The fraction of sp³-hybridized carbons (Fsp3) is 0.571. The number of halogens is 3. The molecule has 0 radical (unpaired) electrons. The van der Waals surface area contributed by atoms with E-state index in [0.717, 1.165) is 74.4 Å². The van der Waals surface area contributed by atoms with Gasteiger partial charge in [-0.15, -0.1) is 0 Å². The Bertz CT molecular complexity index is 1330. The molecule has 0 N–H and O–H groups in total. The summed E-state index contributed by atoms with van der Waals surface area (Å²) in [5.41, 5.74) is 2.83. The molecule has 2 aliphatic heterocycles. The minimum Gasteiger partial charge on any atom is -0.493 e. The van der Waals surface area contributed by atoms with Crippen molar-refractivity contribution in [3.8, 4) is 5.75 Å². The lowest BCUT2D eigenvalue weighted by atomic mass is 9.84. The molecule has 0 spiro atoms. The average molecular weight is 614 g/mol. The van der Waals surface area contributed by atoms with E-state index >= 15 is 13.2 Å². The molecule has 1 saturated heterocycles. The molecule has 0 unspecified atom stereocenters. The van der Waals surface area contributed by atoms with Crippen LogP contribution in [0, 0.1) is 11.6 Å². The van der Waals surface area contributed by atoms with Crippen molar-refractivity contribution in [2.75, 3.05) is 59.5 Å². The molecule has 2 atom stereocenters. The number of alkyl halides is 1. The largest absolute Gasteiger partial charge is 0.493 e. The highest BCUT2D eigenvalue weighted by molar-refractivity contribution is 5.79. The molecule has 9 heteroatoms. The van der Waals surface area contributed by atoms with Gasteiger partial charge in [-0.25, -0.2) is 13.2 Å². The third-order valence-corrected chi connectivity index (χ3v) is 9.16. The van der Waals surface area contributed by atoms with Crippen LogP contribution < -0.4 is 4.74 Å². The molecule has 2 aromatic rings. The highest BCUT2D eigenvalue weighted by atomic mass is 19.1. The second-order valence-corrected chi connectivity index (χ2v) is 13.1.